The van der Waals surface area contributed by atoms with Crippen LogP contribution in [0.25, 0.3) is 0 Å². The molecule has 0 saturated carbocycles. The van der Waals surface area contributed by atoms with Crippen LogP contribution in [0.1, 0.15) is 42.2 Å². The number of nitrogens with one attached hydrogen (secondary N) is 2. The monoisotopic (exact) mass is 496 g/mol. The maximum absolute atomic E-state index is 13.0. The van der Waals surface area contributed by atoms with Crippen LogP contribution in [0.5, 0.6) is 0 Å². The predicted molar refractivity (Wildman–Crippen MR) is 131 cm³/mol. The van der Waals surface area contributed by atoms with E-state index in [1.54, 1.807) is 31.2 Å². The van der Waals surface area contributed by atoms with Crippen LogP contribution < -0.4 is 10.6 Å². The minimum Gasteiger partial charge on any atom is -0.460 e. The van der Waals surface area contributed by atoms with Crippen molar-refractivity contribution in [2.24, 2.45) is 0 Å². The van der Waals surface area contributed by atoms with Crippen molar-refractivity contribution in [2.45, 2.75) is 26.3 Å². The molecule has 1 atom stereocenters. The molecule has 2 aromatic carbocycles. The molecule has 0 aliphatic carbocycles. The van der Waals surface area contributed by atoms with Gasteiger partial charge in [-0.15, -0.1) is 0 Å². The first-order valence-electron chi connectivity index (χ1n) is 11.4. The van der Waals surface area contributed by atoms with Gasteiger partial charge in [-0.2, -0.15) is 0 Å². The third-order valence-electron chi connectivity index (χ3n) is 5.58. The van der Waals surface area contributed by atoms with Gasteiger partial charge in [-0.25, -0.2) is 9.59 Å². The van der Waals surface area contributed by atoms with E-state index < -0.39 is 22.8 Å². The van der Waals surface area contributed by atoms with E-state index in [1.165, 1.54) is 36.3 Å². The number of rotatable bonds is 10. The van der Waals surface area contributed by atoms with E-state index in [0.29, 0.717) is 29.9 Å². The van der Waals surface area contributed by atoms with Gasteiger partial charge < -0.3 is 20.1 Å². The van der Waals surface area contributed by atoms with Gasteiger partial charge in [0.1, 0.15) is 6.61 Å². The Kier molecular flexibility index (Phi) is 8.74. The highest BCUT2D eigenvalue weighted by atomic mass is 16.6. The number of hydrogen-bond donors (Lipinski definition) is 2. The molecule has 0 saturated heterocycles. The lowest BCUT2D eigenvalue weighted by atomic mass is 9.94. The minimum atomic E-state index is -0.810. The van der Waals surface area contributed by atoms with Gasteiger partial charge in [0.05, 0.1) is 23.1 Å². The number of anilines is 1. The molecule has 0 spiro atoms. The summed E-state index contributed by atoms with van der Waals surface area (Å²) in [4.78, 5) is 50.5. The summed E-state index contributed by atoms with van der Waals surface area (Å²) >= 11 is 0. The quantitative estimate of drug-likeness (QED) is 0.221. The number of ether oxygens (including phenoxy) is 2. The number of carbonyl (C=O) groups excluding carboxylic acids is 3. The van der Waals surface area contributed by atoms with Gasteiger partial charge in [0, 0.05) is 42.7 Å². The number of nitrogens with zero attached hydrogens (tertiary/aromatic N) is 2. The van der Waals surface area contributed by atoms with Crippen LogP contribution in [-0.2, 0) is 14.3 Å². The van der Waals surface area contributed by atoms with Crippen molar-refractivity contribution in [3.8, 4) is 0 Å². The van der Waals surface area contributed by atoms with Crippen LogP contribution in [0.2, 0.25) is 0 Å². The van der Waals surface area contributed by atoms with E-state index in [9.17, 15) is 24.5 Å². The summed E-state index contributed by atoms with van der Waals surface area (Å²) in [5, 5.41) is 16.6. The van der Waals surface area contributed by atoms with Gasteiger partial charge in [0.15, 0.2) is 0 Å². The van der Waals surface area contributed by atoms with Crippen LogP contribution in [0.4, 0.5) is 16.2 Å². The fourth-order valence-corrected chi connectivity index (χ4v) is 3.84. The van der Waals surface area contributed by atoms with Crippen molar-refractivity contribution in [3.63, 3.8) is 0 Å². The number of esters is 1. The number of carbonyl (C=O) groups is 3. The number of non-ortho nitro benzene ring substituents is 1. The average molecular weight is 497 g/mol. The third-order valence-corrected chi connectivity index (χ3v) is 5.58. The highest BCUT2D eigenvalue weighted by molar-refractivity contribution is 6.04. The molecule has 1 heterocycles. The first-order chi connectivity index (χ1) is 17.3. The van der Waals surface area contributed by atoms with E-state index in [0.717, 1.165) is 0 Å². The lowest BCUT2D eigenvalue weighted by Gasteiger charge is -2.35. The molecular weight excluding hydrogens is 468 g/mol. The molecule has 2 aromatic rings. The van der Waals surface area contributed by atoms with Crippen molar-refractivity contribution in [1.82, 2.24) is 10.2 Å². The summed E-state index contributed by atoms with van der Waals surface area (Å²) in [6.07, 6.45) is 0.695. The highest BCUT2D eigenvalue weighted by Crippen LogP contribution is 2.32. The molecule has 11 nitrogen and oxygen atoms in total. The smallest absolute Gasteiger partial charge is 0.338 e. The summed E-state index contributed by atoms with van der Waals surface area (Å²) in [6, 6.07) is 10.9. The molecule has 0 radical (unpaired) electrons. The standard InChI is InChI=1S/C25H28N4O7/c1-4-11-28-16(2)21(24(31)36-13-12-35-3)22(27-25(28)32)17-7-5-9-19(14-17)26-23(30)18-8-6-10-20(15-18)29(33)34/h5-10,14-15,22H,4,11-13H2,1-3H3,(H,26,30)(H,27,32). The SMILES string of the molecule is CCCN1C(=O)NC(c2cccc(NC(=O)c3cccc([N+](=O)[O-])c3)c2)C(C(=O)OCCOC)=C1C. The van der Waals surface area contributed by atoms with E-state index in [2.05, 4.69) is 10.6 Å². The second-order valence-electron chi connectivity index (χ2n) is 8.05. The first kappa shape index (κ1) is 26.4. The first-order valence-corrected chi connectivity index (χ1v) is 11.4. The van der Waals surface area contributed by atoms with Gasteiger partial charge in [-0.1, -0.05) is 25.1 Å². The molecule has 2 N–H and O–H groups in total. The number of nitro groups is 1. The van der Waals surface area contributed by atoms with E-state index in [-0.39, 0.29) is 36.1 Å². The normalized spacial score (nSPS) is 15.4. The van der Waals surface area contributed by atoms with Crippen LogP contribution in [0.15, 0.2) is 59.8 Å². The van der Waals surface area contributed by atoms with Gasteiger partial charge >= 0.3 is 12.0 Å². The van der Waals surface area contributed by atoms with Crippen molar-refractivity contribution in [3.05, 3.63) is 81.0 Å². The van der Waals surface area contributed by atoms with Crippen LogP contribution in [0.3, 0.4) is 0 Å². The Morgan fingerprint density at radius 1 is 1.17 bits per heavy atom. The Morgan fingerprint density at radius 2 is 1.92 bits per heavy atom. The molecular formula is C25H28N4O7. The zero-order chi connectivity index (χ0) is 26.2. The topological polar surface area (TPSA) is 140 Å². The number of methoxy groups -OCH3 is 1. The molecule has 0 bridgehead atoms. The van der Waals surface area contributed by atoms with E-state index in [1.807, 2.05) is 6.92 Å². The van der Waals surface area contributed by atoms with Crippen molar-refractivity contribution >= 4 is 29.3 Å². The molecule has 3 rings (SSSR count). The van der Waals surface area contributed by atoms with Gasteiger partial charge in [-0.05, 0) is 37.1 Å². The number of nitro benzene ring substituents is 1. The molecule has 0 aromatic heterocycles. The molecule has 1 aliphatic heterocycles. The minimum absolute atomic E-state index is 0.0554. The zero-order valence-corrected chi connectivity index (χ0v) is 20.3. The number of allylic oxidation sites excluding steroid dienone is 1. The second kappa shape index (κ2) is 11.9. The van der Waals surface area contributed by atoms with Gasteiger partial charge in [-0.3, -0.25) is 19.8 Å². The summed E-state index contributed by atoms with van der Waals surface area (Å²) in [6.45, 7) is 4.34. The lowest BCUT2D eigenvalue weighted by Crippen LogP contribution is -2.48. The third kappa shape index (κ3) is 6.05. The molecule has 1 unspecified atom stereocenters. The van der Waals surface area contributed by atoms with E-state index in [4.69, 9.17) is 9.47 Å². The lowest BCUT2D eigenvalue weighted by molar-refractivity contribution is -0.384. The number of amides is 3. The molecule has 190 valence electrons. The number of urea groups is 1. The maximum atomic E-state index is 13.0. The maximum Gasteiger partial charge on any atom is 0.338 e. The van der Waals surface area contributed by atoms with Crippen molar-refractivity contribution in [1.29, 1.82) is 0 Å². The Morgan fingerprint density at radius 3 is 2.61 bits per heavy atom. The van der Waals surface area contributed by atoms with Gasteiger partial charge in [0.2, 0.25) is 0 Å². The second-order valence-corrected chi connectivity index (χ2v) is 8.05. The summed E-state index contributed by atoms with van der Waals surface area (Å²) in [7, 11) is 1.50. The summed E-state index contributed by atoms with van der Waals surface area (Å²) < 4.78 is 10.3. The van der Waals surface area contributed by atoms with Crippen LogP contribution >= 0.6 is 0 Å². The Hall–Kier alpha value is -4.25. The molecule has 11 heteroatoms. The fourth-order valence-electron chi connectivity index (χ4n) is 3.84. The van der Waals surface area contributed by atoms with Crippen LogP contribution in [0, 0.1) is 10.1 Å². The number of benzene rings is 2. The van der Waals surface area contributed by atoms with Crippen molar-refractivity contribution in [2.75, 3.05) is 32.2 Å². The van der Waals surface area contributed by atoms with E-state index >= 15 is 0 Å². The number of hydrogen-bond acceptors (Lipinski definition) is 7. The largest absolute Gasteiger partial charge is 0.460 e. The predicted octanol–water partition coefficient (Wildman–Crippen LogP) is 3.79. The molecule has 1 aliphatic rings. The zero-order valence-electron chi connectivity index (χ0n) is 20.3. The fraction of sp³-hybridized carbons (Fsp3) is 0.320. The van der Waals surface area contributed by atoms with Crippen molar-refractivity contribution < 1.29 is 28.8 Å². The molecule has 36 heavy (non-hydrogen) atoms. The molecule has 3 amide bonds. The average Bonchev–Trinajstić information content (AvgIpc) is 2.86. The summed E-state index contributed by atoms with van der Waals surface area (Å²) in [5.41, 5.74) is 1.62. The van der Waals surface area contributed by atoms with Crippen LogP contribution in [-0.4, -0.2) is 54.6 Å². The summed E-state index contributed by atoms with van der Waals surface area (Å²) in [5.74, 6) is -1.12. The molecule has 0 fully saturated rings. The Bertz CT molecular complexity index is 1190. The Labute approximate surface area is 208 Å². The Balaban J connectivity index is 1.91. The highest BCUT2D eigenvalue weighted by Gasteiger charge is 2.36. The van der Waals surface area contributed by atoms with Gasteiger partial charge in [0.25, 0.3) is 11.6 Å².